The summed E-state index contributed by atoms with van der Waals surface area (Å²) in [6.45, 7) is 4.27. The molecule has 0 fully saturated rings. The Morgan fingerprint density at radius 3 is 1.82 bits per heavy atom. The van der Waals surface area contributed by atoms with Gasteiger partial charge < -0.3 is 10.4 Å². The highest BCUT2D eigenvalue weighted by molar-refractivity contribution is 7.85. The summed E-state index contributed by atoms with van der Waals surface area (Å²) in [4.78, 5) is 12.3. The molecule has 0 bridgehead atoms. The van der Waals surface area contributed by atoms with E-state index in [1.165, 1.54) is 12.8 Å². The molecule has 1 amide bonds. The molecule has 0 aromatic carbocycles. The molecule has 0 aromatic heterocycles. The van der Waals surface area contributed by atoms with E-state index in [9.17, 15) is 22.9 Å². The third-order valence-corrected chi connectivity index (χ3v) is 7.33. The van der Waals surface area contributed by atoms with Crippen LogP contribution in [0, 0.1) is 0 Å². The SMILES string of the molecule is CC/C=C\C/C=C\C/C=C\C/C=C\CCCCCCCCC(=O)NC(CS(=O)(=O)O)C(O)CCCCCCC. The number of hydrogen-bond acceptors (Lipinski definition) is 4. The van der Waals surface area contributed by atoms with Crippen molar-refractivity contribution in [2.75, 3.05) is 5.75 Å². The molecule has 3 N–H and O–H groups in total. The molecule has 7 heteroatoms. The Labute approximate surface area is 239 Å². The topological polar surface area (TPSA) is 104 Å². The van der Waals surface area contributed by atoms with Gasteiger partial charge in [0, 0.05) is 6.42 Å². The van der Waals surface area contributed by atoms with Crippen molar-refractivity contribution in [2.24, 2.45) is 0 Å². The molecule has 0 spiro atoms. The van der Waals surface area contributed by atoms with Crippen LogP contribution in [0.3, 0.4) is 0 Å². The largest absolute Gasteiger partial charge is 0.391 e. The second-order valence-corrected chi connectivity index (χ2v) is 11.9. The van der Waals surface area contributed by atoms with Gasteiger partial charge in [-0.1, -0.05) is 120 Å². The summed E-state index contributed by atoms with van der Waals surface area (Å²) in [5.74, 6) is -0.929. The molecule has 0 heterocycles. The maximum absolute atomic E-state index is 12.3. The van der Waals surface area contributed by atoms with E-state index in [0.29, 0.717) is 12.8 Å². The Morgan fingerprint density at radius 1 is 0.718 bits per heavy atom. The number of allylic oxidation sites excluding steroid dienone is 8. The normalized spacial score (nSPS) is 14.3. The molecule has 226 valence electrons. The van der Waals surface area contributed by atoms with Crippen LogP contribution in [0.15, 0.2) is 48.6 Å². The molecule has 0 radical (unpaired) electrons. The van der Waals surface area contributed by atoms with E-state index in [0.717, 1.165) is 89.9 Å². The van der Waals surface area contributed by atoms with Crippen LogP contribution >= 0.6 is 0 Å². The average molecular weight is 568 g/mol. The molecule has 0 aromatic rings. The molecule has 2 unspecified atom stereocenters. The lowest BCUT2D eigenvalue weighted by atomic mass is 10.0. The van der Waals surface area contributed by atoms with Crippen molar-refractivity contribution >= 4 is 16.0 Å². The van der Waals surface area contributed by atoms with Crippen molar-refractivity contribution in [3.05, 3.63) is 48.6 Å². The van der Waals surface area contributed by atoms with Gasteiger partial charge in [0.2, 0.25) is 5.91 Å². The van der Waals surface area contributed by atoms with Gasteiger partial charge in [0.25, 0.3) is 10.1 Å². The second-order valence-electron chi connectivity index (χ2n) is 10.4. The van der Waals surface area contributed by atoms with Gasteiger partial charge in [-0.05, 0) is 51.4 Å². The van der Waals surface area contributed by atoms with Crippen LogP contribution in [0.4, 0.5) is 0 Å². The van der Waals surface area contributed by atoms with Gasteiger partial charge in [-0.25, -0.2) is 0 Å². The number of aliphatic hydroxyl groups is 1. The molecular weight excluding hydrogens is 510 g/mol. The fourth-order valence-corrected chi connectivity index (χ4v) is 5.02. The lowest BCUT2D eigenvalue weighted by Gasteiger charge is -2.23. The minimum Gasteiger partial charge on any atom is -0.391 e. The molecule has 0 saturated carbocycles. The predicted molar refractivity (Wildman–Crippen MR) is 165 cm³/mol. The summed E-state index contributed by atoms with van der Waals surface area (Å²) in [5, 5.41) is 13.0. The van der Waals surface area contributed by atoms with Gasteiger partial charge in [0.1, 0.15) is 0 Å². The van der Waals surface area contributed by atoms with E-state index in [4.69, 9.17) is 0 Å². The highest BCUT2D eigenvalue weighted by Gasteiger charge is 2.25. The fourth-order valence-electron chi connectivity index (χ4n) is 4.27. The van der Waals surface area contributed by atoms with Crippen LogP contribution < -0.4 is 5.32 Å². The molecule has 0 rings (SSSR count). The minimum absolute atomic E-state index is 0.270. The summed E-state index contributed by atoms with van der Waals surface area (Å²) in [6, 6.07) is -0.975. The van der Waals surface area contributed by atoms with Crippen molar-refractivity contribution in [1.29, 1.82) is 0 Å². The van der Waals surface area contributed by atoms with Crippen LogP contribution in [-0.4, -0.2) is 41.9 Å². The predicted octanol–water partition coefficient (Wildman–Crippen LogP) is 8.01. The Morgan fingerprint density at radius 2 is 1.23 bits per heavy atom. The number of unbranched alkanes of at least 4 members (excludes halogenated alkanes) is 10. The van der Waals surface area contributed by atoms with Gasteiger partial charge in [0.15, 0.2) is 0 Å². The van der Waals surface area contributed by atoms with E-state index >= 15 is 0 Å². The van der Waals surface area contributed by atoms with Gasteiger partial charge in [-0.2, -0.15) is 8.42 Å². The van der Waals surface area contributed by atoms with Crippen molar-refractivity contribution in [1.82, 2.24) is 5.32 Å². The highest BCUT2D eigenvalue weighted by atomic mass is 32.2. The van der Waals surface area contributed by atoms with E-state index in [1.807, 2.05) is 0 Å². The Bertz CT molecular complexity index is 801. The lowest BCUT2D eigenvalue weighted by molar-refractivity contribution is -0.122. The number of carbonyl (C=O) groups is 1. The molecular formula is C32H57NO5S. The minimum atomic E-state index is -4.29. The summed E-state index contributed by atoms with van der Waals surface area (Å²) >= 11 is 0. The van der Waals surface area contributed by atoms with Crippen LogP contribution in [0.1, 0.15) is 129 Å². The Balaban J connectivity index is 3.91. The molecule has 0 saturated heterocycles. The second kappa shape index (κ2) is 26.5. The van der Waals surface area contributed by atoms with Crippen molar-refractivity contribution in [3.8, 4) is 0 Å². The molecule has 2 atom stereocenters. The number of carbonyl (C=O) groups excluding carboxylic acids is 1. The first-order chi connectivity index (χ1) is 18.8. The third kappa shape index (κ3) is 27.7. The van der Waals surface area contributed by atoms with Gasteiger partial charge >= 0.3 is 0 Å². The molecule has 0 aliphatic rings. The van der Waals surface area contributed by atoms with Gasteiger partial charge in [-0.15, -0.1) is 0 Å². The number of nitrogens with one attached hydrogen (secondary N) is 1. The average Bonchev–Trinajstić information content (AvgIpc) is 2.88. The van der Waals surface area contributed by atoms with Gasteiger partial charge in [-0.3, -0.25) is 9.35 Å². The van der Waals surface area contributed by atoms with Crippen molar-refractivity contribution in [3.63, 3.8) is 0 Å². The molecule has 6 nitrogen and oxygen atoms in total. The summed E-state index contributed by atoms with van der Waals surface area (Å²) in [5.41, 5.74) is 0. The maximum atomic E-state index is 12.3. The summed E-state index contributed by atoms with van der Waals surface area (Å²) in [7, 11) is -4.29. The smallest absolute Gasteiger partial charge is 0.266 e. The van der Waals surface area contributed by atoms with E-state index in [1.54, 1.807) is 0 Å². The first kappa shape index (κ1) is 37.3. The third-order valence-electron chi connectivity index (χ3n) is 6.55. The summed E-state index contributed by atoms with van der Waals surface area (Å²) < 4.78 is 32.0. The standard InChI is InChI=1S/C32H57NO5S/c1-3-5-7-9-10-11-12-13-14-15-16-17-18-19-20-21-22-24-26-28-32(35)33-30(29-39(36,37)38)31(34)27-25-23-8-6-4-2/h5,7,10-11,13-14,16-17,30-31,34H,3-4,6,8-9,12,15,18-29H2,1-2H3,(H,33,35)(H,36,37,38)/b7-5-,11-10-,14-13-,17-16-. The van der Waals surface area contributed by atoms with Crippen molar-refractivity contribution < 1.29 is 22.9 Å². The monoisotopic (exact) mass is 567 g/mol. The summed E-state index contributed by atoms with van der Waals surface area (Å²) in [6.07, 6.45) is 33.8. The number of hydrogen-bond donors (Lipinski definition) is 3. The first-order valence-electron chi connectivity index (χ1n) is 15.3. The van der Waals surface area contributed by atoms with E-state index < -0.39 is 28.0 Å². The van der Waals surface area contributed by atoms with Crippen LogP contribution in [0.25, 0.3) is 0 Å². The molecule has 0 aliphatic heterocycles. The van der Waals surface area contributed by atoms with Gasteiger partial charge in [0.05, 0.1) is 17.9 Å². The maximum Gasteiger partial charge on any atom is 0.266 e. The zero-order valence-corrected chi connectivity index (χ0v) is 25.6. The van der Waals surface area contributed by atoms with E-state index in [2.05, 4.69) is 67.8 Å². The highest BCUT2D eigenvalue weighted by Crippen LogP contribution is 2.12. The quantitative estimate of drug-likeness (QED) is 0.0558. The first-order valence-corrected chi connectivity index (χ1v) is 16.9. The zero-order chi connectivity index (χ0) is 29.0. The Hall–Kier alpha value is -1.70. The zero-order valence-electron chi connectivity index (χ0n) is 24.7. The van der Waals surface area contributed by atoms with Crippen LogP contribution in [0.2, 0.25) is 0 Å². The lowest BCUT2D eigenvalue weighted by Crippen LogP contribution is -2.47. The molecule has 39 heavy (non-hydrogen) atoms. The van der Waals surface area contributed by atoms with Crippen LogP contribution in [-0.2, 0) is 14.9 Å². The number of rotatable bonds is 26. The number of amides is 1. The fraction of sp³-hybridized carbons (Fsp3) is 0.719. The number of aliphatic hydroxyl groups excluding tert-OH is 1. The van der Waals surface area contributed by atoms with Crippen LogP contribution in [0.5, 0.6) is 0 Å². The Kier molecular flexibility index (Phi) is 25.4. The van der Waals surface area contributed by atoms with E-state index in [-0.39, 0.29) is 5.91 Å². The molecule has 0 aliphatic carbocycles. The van der Waals surface area contributed by atoms with Crippen molar-refractivity contribution in [2.45, 2.75) is 142 Å².